The van der Waals surface area contributed by atoms with E-state index in [4.69, 9.17) is 0 Å². The highest BCUT2D eigenvalue weighted by atomic mass is 32.2. The van der Waals surface area contributed by atoms with Crippen molar-refractivity contribution in [2.45, 2.75) is 23.3 Å². The highest BCUT2D eigenvalue weighted by Gasteiger charge is 2.18. The second kappa shape index (κ2) is 10.4. The number of sulfonamides is 1. The average Bonchev–Trinajstić information content (AvgIpc) is 2.77. The van der Waals surface area contributed by atoms with Crippen LogP contribution in [0.15, 0.2) is 88.7 Å². The smallest absolute Gasteiger partial charge is 0.251 e. The highest BCUT2D eigenvalue weighted by Crippen LogP contribution is 2.18. The Balaban J connectivity index is 1.61. The third kappa shape index (κ3) is 6.19. The predicted octanol–water partition coefficient (Wildman–Crippen LogP) is 4.00. The molecule has 2 N–H and O–H groups in total. The number of hydrogen-bond acceptors (Lipinski definition) is 4. The minimum Gasteiger partial charge on any atom is -0.351 e. The first-order valence-electron chi connectivity index (χ1n) is 9.56. The Hall–Kier alpha value is -2.61. The van der Waals surface area contributed by atoms with Gasteiger partial charge in [-0.2, -0.15) is 0 Å². The van der Waals surface area contributed by atoms with Gasteiger partial charge in [0, 0.05) is 29.3 Å². The van der Waals surface area contributed by atoms with Crippen molar-refractivity contribution in [3.63, 3.8) is 0 Å². The number of rotatable bonds is 9. The van der Waals surface area contributed by atoms with Crippen molar-refractivity contribution in [1.82, 2.24) is 10.0 Å². The van der Waals surface area contributed by atoms with Crippen molar-refractivity contribution in [2.75, 3.05) is 12.3 Å². The Kier molecular flexibility index (Phi) is 7.68. The maximum Gasteiger partial charge on any atom is 0.251 e. The van der Waals surface area contributed by atoms with Gasteiger partial charge in [0.1, 0.15) is 0 Å². The zero-order chi connectivity index (χ0) is 21.4. The first kappa shape index (κ1) is 22.1. The van der Waals surface area contributed by atoms with Crippen LogP contribution in [-0.2, 0) is 16.6 Å². The molecule has 0 saturated heterocycles. The summed E-state index contributed by atoms with van der Waals surface area (Å²) in [7, 11) is -3.73. The van der Waals surface area contributed by atoms with Crippen LogP contribution in [0.3, 0.4) is 0 Å². The molecule has 0 saturated carbocycles. The number of nitrogens with one attached hydrogen (secondary N) is 2. The van der Waals surface area contributed by atoms with Gasteiger partial charge < -0.3 is 5.32 Å². The number of aryl methyl sites for hydroxylation is 1. The summed E-state index contributed by atoms with van der Waals surface area (Å²) in [6.45, 7) is 2.47. The number of hydrogen-bond donors (Lipinski definition) is 2. The van der Waals surface area contributed by atoms with Gasteiger partial charge in [-0.25, -0.2) is 13.1 Å². The van der Waals surface area contributed by atoms with Gasteiger partial charge in [-0.1, -0.05) is 54.6 Å². The van der Waals surface area contributed by atoms with Crippen LogP contribution in [0.5, 0.6) is 0 Å². The minimum absolute atomic E-state index is 0.0767. The van der Waals surface area contributed by atoms with E-state index in [0.717, 1.165) is 21.8 Å². The van der Waals surface area contributed by atoms with Crippen molar-refractivity contribution < 1.29 is 13.2 Å². The van der Waals surface area contributed by atoms with E-state index in [9.17, 15) is 13.2 Å². The van der Waals surface area contributed by atoms with Crippen molar-refractivity contribution >= 4 is 27.7 Å². The molecule has 0 aliphatic carbocycles. The SMILES string of the molecule is Cc1ccc(S(=O)(=O)NCc2ccccc2)cc1C(=O)NCCSc1ccccc1. The Morgan fingerprint density at radius 2 is 1.60 bits per heavy atom. The fourth-order valence-electron chi connectivity index (χ4n) is 2.82. The summed E-state index contributed by atoms with van der Waals surface area (Å²) >= 11 is 1.65. The van der Waals surface area contributed by atoms with Gasteiger partial charge in [-0.15, -0.1) is 11.8 Å². The van der Waals surface area contributed by atoms with Crippen LogP contribution < -0.4 is 10.0 Å². The molecule has 1 amide bonds. The number of carbonyl (C=O) groups is 1. The van der Waals surface area contributed by atoms with Crippen LogP contribution >= 0.6 is 11.8 Å². The summed E-state index contributed by atoms with van der Waals surface area (Å²) in [5.74, 6) is 0.451. The van der Waals surface area contributed by atoms with Crippen molar-refractivity contribution in [3.05, 3.63) is 95.6 Å². The van der Waals surface area contributed by atoms with Gasteiger partial charge in [0.2, 0.25) is 10.0 Å². The molecule has 5 nitrogen and oxygen atoms in total. The molecule has 0 aliphatic heterocycles. The van der Waals surface area contributed by atoms with E-state index in [2.05, 4.69) is 10.0 Å². The number of amides is 1. The topological polar surface area (TPSA) is 75.3 Å². The quantitative estimate of drug-likeness (QED) is 0.390. The van der Waals surface area contributed by atoms with Crippen LogP contribution in [0.1, 0.15) is 21.5 Å². The third-order valence-electron chi connectivity index (χ3n) is 4.47. The molecule has 0 unspecified atom stereocenters. The molecule has 7 heteroatoms. The molecule has 30 heavy (non-hydrogen) atoms. The van der Waals surface area contributed by atoms with Crippen molar-refractivity contribution in [1.29, 1.82) is 0 Å². The van der Waals surface area contributed by atoms with E-state index in [1.54, 1.807) is 24.8 Å². The van der Waals surface area contributed by atoms with E-state index < -0.39 is 10.0 Å². The number of carbonyl (C=O) groups excluding carboxylic acids is 1. The van der Waals surface area contributed by atoms with Gasteiger partial charge >= 0.3 is 0 Å². The van der Waals surface area contributed by atoms with Gasteiger partial charge in [-0.3, -0.25) is 4.79 Å². The van der Waals surface area contributed by atoms with Crippen LogP contribution in [0, 0.1) is 6.92 Å². The van der Waals surface area contributed by atoms with E-state index in [0.29, 0.717) is 12.1 Å². The van der Waals surface area contributed by atoms with Gasteiger partial charge in [0.05, 0.1) is 4.90 Å². The van der Waals surface area contributed by atoms with Crippen molar-refractivity contribution in [3.8, 4) is 0 Å². The summed E-state index contributed by atoms with van der Waals surface area (Å²) in [6, 6.07) is 23.9. The van der Waals surface area contributed by atoms with E-state index in [1.807, 2.05) is 60.7 Å². The van der Waals surface area contributed by atoms with Gasteiger partial charge in [-0.05, 0) is 42.3 Å². The Labute approximate surface area is 182 Å². The third-order valence-corrected chi connectivity index (χ3v) is 6.89. The fourth-order valence-corrected chi connectivity index (χ4v) is 4.65. The van der Waals surface area contributed by atoms with E-state index in [1.165, 1.54) is 12.1 Å². The lowest BCUT2D eigenvalue weighted by Gasteiger charge is -2.11. The average molecular weight is 441 g/mol. The van der Waals surface area contributed by atoms with Gasteiger partial charge in [0.25, 0.3) is 5.91 Å². The summed E-state index contributed by atoms with van der Waals surface area (Å²) in [5, 5.41) is 2.87. The summed E-state index contributed by atoms with van der Waals surface area (Å²) < 4.78 is 27.9. The molecular weight excluding hydrogens is 416 g/mol. The maximum absolute atomic E-state index is 12.7. The second-order valence-electron chi connectivity index (χ2n) is 6.70. The van der Waals surface area contributed by atoms with Crippen molar-refractivity contribution in [2.24, 2.45) is 0 Å². The zero-order valence-corrected chi connectivity index (χ0v) is 18.3. The summed E-state index contributed by atoms with van der Waals surface area (Å²) in [4.78, 5) is 13.8. The maximum atomic E-state index is 12.7. The molecule has 3 rings (SSSR count). The van der Waals surface area contributed by atoms with Crippen LogP contribution in [0.4, 0.5) is 0 Å². The Bertz CT molecular complexity index is 1090. The lowest BCUT2D eigenvalue weighted by atomic mass is 10.1. The normalized spacial score (nSPS) is 11.2. The molecule has 0 spiro atoms. The largest absolute Gasteiger partial charge is 0.351 e. The zero-order valence-electron chi connectivity index (χ0n) is 16.7. The molecular formula is C23H24N2O3S2. The molecule has 0 fully saturated rings. The van der Waals surface area contributed by atoms with E-state index >= 15 is 0 Å². The molecule has 156 valence electrons. The summed E-state index contributed by atoms with van der Waals surface area (Å²) in [5.41, 5.74) is 1.95. The van der Waals surface area contributed by atoms with Crippen LogP contribution in [0.25, 0.3) is 0 Å². The highest BCUT2D eigenvalue weighted by molar-refractivity contribution is 7.99. The predicted molar refractivity (Wildman–Crippen MR) is 121 cm³/mol. The van der Waals surface area contributed by atoms with Crippen LogP contribution in [0.2, 0.25) is 0 Å². The molecule has 3 aromatic rings. The Morgan fingerprint density at radius 3 is 2.30 bits per heavy atom. The number of thioether (sulfide) groups is 1. The number of benzene rings is 3. The molecule has 0 bridgehead atoms. The Morgan fingerprint density at radius 1 is 0.933 bits per heavy atom. The van der Waals surface area contributed by atoms with Crippen LogP contribution in [-0.4, -0.2) is 26.6 Å². The first-order valence-corrected chi connectivity index (χ1v) is 12.0. The van der Waals surface area contributed by atoms with Gasteiger partial charge in [0.15, 0.2) is 0 Å². The molecule has 0 atom stereocenters. The molecule has 0 aliphatic rings. The fraction of sp³-hybridized carbons (Fsp3) is 0.174. The first-order chi connectivity index (χ1) is 14.5. The second-order valence-corrected chi connectivity index (χ2v) is 9.64. The molecule has 0 radical (unpaired) electrons. The monoisotopic (exact) mass is 440 g/mol. The minimum atomic E-state index is -3.73. The molecule has 3 aromatic carbocycles. The molecule has 0 aromatic heterocycles. The van der Waals surface area contributed by atoms with E-state index in [-0.39, 0.29) is 17.3 Å². The summed E-state index contributed by atoms with van der Waals surface area (Å²) in [6.07, 6.45) is 0. The lowest BCUT2D eigenvalue weighted by Crippen LogP contribution is -2.27. The standard InChI is InChI=1S/C23H24N2O3S2/c1-18-12-13-21(30(27,28)25-17-19-8-4-2-5-9-19)16-22(18)23(26)24-14-15-29-20-10-6-3-7-11-20/h2-13,16,25H,14-15,17H2,1H3,(H,24,26). The molecule has 0 heterocycles. The lowest BCUT2D eigenvalue weighted by molar-refractivity contribution is 0.0955.